The van der Waals surface area contributed by atoms with Crippen molar-refractivity contribution in [1.29, 1.82) is 0 Å². The number of alkyl halides is 2. The van der Waals surface area contributed by atoms with Gasteiger partial charge in [-0.2, -0.15) is 8.78 Å². The first-order valence-corrected chi connectivity index (χ1v) is 9.82. The van der Waals surface area contributed by atoms with Gasteiger partial charge in [-0.25, -0.2) is 4.79 Å². The van der Waals surface area contributed by atoms with Crippen LogP contribution in [0.2, 0.25) is 0 Å². The fourth-order valence-corrected chi connectivity index (χ4v) is 3.99. The normalized spacial score (nSPS) is 10.7. The van der Waals surface area contributed by atoms with Crippen LogP contribution in [0.3, 0.4) is 0 Å². The Bertz CT molecular complexity index is 792. The van der Waals surface area contributed by atoms with Gasteiger partial charge in [0.15, 0.2) is 5.11 Å². The first kappa shape index (κ1) is 20.6. The molecule has 2 N–H and O–H groups in total. The van der Waals surface area contributed by atoms with Crippen molar-refractivity contribution in [3.63, 3.8) is 0 Å². The lowest BCUT2D eigenvalue weighted by Gasteiger charge is -2.11. The van der Waals surface area contributed by atoms with Crippen molar-refractivity contribution in [2.24, 2.45) is 0 Å². The molecule has 0 saturated carbocycles. The number of rotatable bonds is 6. The minimum absolute atomic E-state index is 0.290. The Hall–Kier alpha value is -1.71. The summed E-state index contributed by atoms with van der Waals surface area (Å²) in [6.07, 6.45) is 0. The van der Waals surface area contributed by atoms with Crippen molar-refractivity contribution in [2.75, 3.05) is 17.2 Å². The van der Waals surface area contributed by atoms with E-state index in [1.807, 2.05) is 13.8 Å². The maximum atomic E-state index is 12.3. The van der Waals surface area contributed by atoms with Crippen LogP contribution >= 0.6 is 35.3 Å². The first-order chi connectivity index (χ1) is 12.3. The predicted molar refractivity (Wildman–Crippen MR) is 108 cm³/mol. The third-order valence-corrected chi connectivity index (χ3v) is 5.48. The number of nitrogens with one attached hydrogen (secondary N) is 2. The van der Waals surface area contributed by atoms with Crippen molar-refractivity contribution < 1.29 is 18.3 Å². The molecule has 0 aliphatic carbocycles. The minimum Gasteiger partial charge on any atom is -0.462 e. The number of hydrogen-bond donors (Lipinski definition) is 2. The van der Waals surface area contributed by atoms with Crippen LogP contribution in [-0.4, -0.2) is 23.4 Å². The average molecular weight is 417 g/mol. The Labute approximate surface area is 164 Å². The van der Waals surface area contributed by atoms with E-state index < -0.39 is 11.7 Å². The fourth-order valence-electron chi connectivity index (χ4n) is 2.15. The molecule has 2 aromatic rings. The molecule has 0 fully saturated rings. The van der Waals surface area contributed by atoms with Gasteiger partial charge in [0.2, 0.25) is 0 Å². The second-order valence-electron chi connectivity index (χ2n) is 5.19. The quantitative estimate of drug-likeness (QED) is 0.360. The number of carbonyl (C=O) groups excluding carboxylic acids is 1. The molecule has 26 heavy (non-hydrogen) atoms. The maximum Gasteiger partial charge on any atom is 0.341 e. The SMILES string of the molecule is CCOC(=O)c1c(NC(=S)Nc2ccc(SC(F)F)cc2)sc(C)c1C. The van der Waals surface area contributed by atoms with Crippen molar-refractivity contribution >= 4 is 57.1 Å². The van der Waals surface area contributed by atoms with Crippen LogP contribution < -0.4 is 10.6 Å². The van der Waals surface area contributed by atoms with Crippen molar-refractivity contribution in [1.82, 2.24) is 0 Å². The molecule has 1 heterocycles. The van der Waals surface area contributed by atoms with E-state index in [0.29, 0.717) is 38.0 Å². The van der Waals surface area contributed by atoms with Gasteiger partial charge in [-0.05, 0) is 62.8 Å². The predicted octanol–water partition coefficient (Wildman–Crippen LogP) is 5.67. The lowest BCUT2D eigenvalue weighted by molar-refractivity contribution is 0.0527. The highest BCUT2D eigenvalue weighted by molar-refractivity contribution is 7.99. The summed E-state index contributed by atoms with van der Waals surface area (Å²) < 4.78 is 29.8. The van der Waals surface area contributed by atoms with Crippen molar-refractivity contribution in [3.05, 3.63) is 40.3 Å². The summed E-state index contributed by atoms with van der Waals surface area (Å²) in [4.78, 5) is 13.6. The van der Waals surface area contributed by atoms with Gasteiger partial charge in [0.25, 0.3) is 5.76 Å². The Balaban J connectivity index is 2.08. The van der Waals surface area contributed by atoms with Crippen LogP contribution in [0.4, 0.5) is 19.5 Å². The number of halogens is 2. The van der Waals surface area contributed by atoms with Gasteiger partial charge in [0.1, 0.15) is 5.00 Å². The van der Waals surface area contributed by atoms with E-state index in [-0.39, 0.29) is 6.61 Å². The van der Waals surface area contributed by atoms with Crippen LogP contribution in [-0.2, 0) is 4.74 Å². The molecule has 0 amide bonds. The molecular formula is C17H18F2N2O2S3. The molecule has 9 heteroatoms. The molecule has 140 valence electrons. The summed E-state index contributed by atoms with van der Waals surface area (Å²) in [5.41, 5.74) is 1.98. The zero-order valence-electron chi connectivity index (χ0n) is 14.4. The molecule has 0 radical (unpaired) electrons. The van der Waals surface area contributed by atoms with E-state index >= 15 is 0 Å². The first-order valence-electron chi connectivity index (χ1n) is 7.71. The molecule has 0 aliphatic rings. The van der Waals surface area contributed by atoms with Gasteiger partial charge < -0.3 is 15.4 Å². The van der Waals surface area contributed by atoms with Gasteiger partial charge in [0.05, 0.1) is 12.2 Å². The second-order valence-corrected chi connectivity index (χ2v) is 7.89. The summed E-state index contributed by atoms with van der Waals surface area (Å²) >= 11 is 7.19. The van der Waals surface area contributed by atoms with E-state index in [1.54, 1.807) is 31.2 Å². The highest BCUT2D eigenvalue weighted by atomic mass is 32.2. The molecule has 0 unspecified atom stereocenters. The maximum absolute atomic E-state index is 12.3. The van der Waals surface area contributed by atoms with Crippen molar-refractivity contribution in [3.8, 4) is 0 Å². The fraction of sp³-hybridized carbons (Fsp3) is 0.294. The number of thiophene rings is 1. The lowest BCUT2D eigenvalue weighted by Crippen LogP contribution is -2.20. The number of thioether (sulfide) groups is 1. The van der Waals surface area contributed by atoms with E-state index in [2.05, 4.69) is 10.6 Å². The molecule has 2 rings (SSSR count). The van der Waals surface area contributed by atoms with Crippen molar-refractivity contribution in [2.45, 2.75) is 31.4 Å². The van der Waals surface area contributed by atoms with Crippen LogP contribution in [0.25, 0.3) is 0 Å². The summed E-state index contributed by atoms with van der Waals surface area (Å²) in [6.45, 7) is 5.82. The number of ether oxygens (including phenoxy) is 1. The lowest BCUT2D eigenvalue weighted by atomic mass is 10.1. The molecule has 0 aliphatic heterocycles. The summed E-state index contributed by atoms with van der Waals surface area (Å²) in [5, 5.41) is 6.90. The Morgan fingerprint density at radius 3 is 2.50 bits per heavy atom. The van der Waals surface area contributed by atoms with E-state index in [9.17, 15) is 13.6 Å². The largest absolute Gasteiger partial charge is 0.462 e. The molecular weight excluding hydrogens is 398 g/mol. The average Bonchev–Trinajstić information content (AvgIpc) is 2.83. The highest BCUT2D eigenvalue weighted by Crippen LogP contribution is 2.33. The molecule has 0 atom stereocenters. The van der Waals surface area contributed by atoms with Gasteiger partial charge in [-0.15, -0.1) is 11.3 Å². The third-order valence-electron chi connectivity index (χ3n) is 3.43. The monoisotopic (exact) mass is 416 g/mol. The van der Waals surface area contributed by atoms with E-state index in [0.717, 1.165) is 10.4 Å². The standard InChI is InChI=1S/C17H18F2N2O2S3/c1-4-23-15(22)13-9(2)10(3)25-14(13)21-17(24)20-11-5-7-12(8-6-11)26-16(18)19/h5-8,16H,4H2,1-3H3,(H2,20,21,24). The highest BCUT2D eigenvalue weighted by Gasteiger charge is 2.21. The summed E-state index contributed by atoms with van der Waals surface area (Å²) in [5.74, 6) is -2.85. The van der Waals surface area contributed by atoms with Gasteiger partial charge >= 0.3 is 5.97 Å². The Morgan fingerprint density at radius 1 is 1.27 bits per heavy atom. The second kappa shape index (κ2) is 9.29. The molecule has 4 nitrogen and oxygen atoms in total. The Kier molecular flexibility index (Phi) is 7.36. The van der Waals surface area contributed by atoms with Crippen LogP contribution in [0, 0.1) is 13.8 Å². The van der Waals surface area contributed by atoms with Crippen LogP contribution in [0.1, 0.15) is 27.7 Å². The zero-order chi connectivity index (χ0) is 19.3. The number of thiocarbonyl (C=S) groups is 1. The summed E-state index contributed by atoms with van der Waals surface area (Å²) in [6, 6.07) is 6.50. The molecule has 1 aromatic heterocycles. The zero-order valence-corrected chi connectivity index (χ0v) is 16.8. The van der Waals surface area contributed by atoms with Gasteiger partial charge in [-0.1, -0.05) is 11.8 Å². The number of hydrogen-bond acceptors (Lipinski definition) is 5. The number of anilines is 2. The number of carbonyl (C=O) groups is 1. The molecule has 1 aromatic carbocycles. The number of aryl methyl sites for hydroxylation is 1. The third kappa shape index (κ3) is 5.39. The molecule has 0 spiro atoms. The topological polar surface area (TPSA) is 50.4 Å². The van der Waals surface area contributed by atoms with Crippen LogP contribution in [0.15, 0.2) is 29.2 Å². The van der Waals surface area contributed by atoms with E-state index in [4.69, 9.17) is 17.0 Å². The number of esters is 1. The Morgan fingerprint density at radius 2 is 1.92 bits per heavy atom. The minimum atomic E-state index is -2.46. The van der Waals surface area contributed by atoms with Crippen LogP contribution in [0.5, 0.6) is 0 Å². The number of benzene rings is 1. The van der Waals surface area contributed by atoms with Gasteiger partial charge in [-0.3, -0.25) is 0 Å². The summed E-state index contributed by atoms with van der Waals surface area (Å²) in [7, 11) is 0. The molecule has 0 bridgehead atoms. The van der Waals surface area contributed by atoms with E-state index in [1.165, 1.54) is 11.3 Å². The van der Waals surface area contributed by atoms with Gasteiger partial charge in [0, 0.05) is 15.5 Å². The smallest absolute Gasteiger partial charge is 0.341 e. The molecule has 0 saturated heterocycles.